The predicted octanol–water partition coefficient (Wildman–Crippen LogP) is 3.74. The zero-order chi connectivity index (χ0) is 15.4. The van der Waals surface area contributed by atoms with Crippen LogP contribution < -0.4 is 15.2 Å². The zero-order valence-electron chi connectivity index (χ0n) is 12.5. The third-order valence-electron chi connectivity index (χ3n) is 3.31. The maximum atomic E-state index is 14.1. The summed E-state index contributed by atoms with van der Waals surface area (Å²) >= 11 is 0. The molecule has 2 aromatic carbocycles. The second-order valence-corrected chi connectivity index (χ2v) is 5.05. The lowest BCUT2D eigenvalue weighted by Crippen LogP contribution is -2.09. The molecule has 0 aliphatic heterocycles. The molecule has 0 fully saturated rings. The van der Waals surface area contributed by atoms with Gasteiger partial charge in [0, 0.05) is 17.2 Å². The molecule has 112 valence electrons. The lowest BCUT2D eigenvalue weighted by molar-refractivity contribution is 0.291. The molecule has 0 amide bonds. The first kappa shape index (κ1) is 15.3. The van der Waals surface area contributed by atoms with E-state index in [0.29, 0.717) is 11.3 Å². The number of nitrogens with two attached hydrogens (primary N) is 1. The summed E-state index contributed by atoms with van der Waals surface area (Å²) in [6, 6.07) is 10.7. The monoisotopic (exact) mass is 289 g/mol. The average molecular weight is 289 g/mol. The molecule has 0 aliphatic carbocycles. The summed E-state index contributed by atoms with van der Waals surface area (Å²) in [6.07, 6.45) is 0. The molecule has 3 nitrogen and oxygen atoms in total. The fourth-order valence-electron chi connectivity index (χ4n) is 2.12. The third kappa shape index (κ3) is 3.52. The van der Waals surface area contributed by atoms with Crippen molar-refractivity contribution in [2.24, 2.45) is 5.73 Å². The van der Waals surface area contributed by atoms with Gasteiger partial charge in [-0.15, -0.1) is 0 Å². The standard InChI is InChI=1S/C17H20FNO2/c1-11-7-8-14(12(2)19)16(9-11)21-10-13-5-4-6-15(20-3)17(13)18/h4-9,12H,10,19H2,1-3H3/t12-/m0/s1. The Hall–Kier alpha value is -2.07. The maximum absolute atomic E-state index is 14.1. The van der Waals surface area contributed by atoms with Gasteiger partial charge in [0.05, 0.1) is 7.11 Å². The number of hydrogen-bond donors (Lipinski definition) is 1. The number of halogens is 1. The number of aryl methyl sites for hydroxylation is 1. The van der Waals surface area contributed by atoms with Crippen molar-refractivity contribution >= 4 is 0 Å². The van der Waals surface area contributed by atoms with Gasteiger partial charge in [0.15, 0.2) is 11.6 Å². The second-order valence-electron chi connectivity index (χ2n) is 5.05. The third-order valence-corrected chi connectivity index (χ3v) is 3.31. The van der Waals surface area contributed by atoms with Gasteiger partial charge in [0.25, 0.3) is 0 Å². The Morgan fingerprint density at radius 3 is 2.62 bits per heavy atom. The molecule has 0 bridgehead atoms. The van der Waals surface area contributed by atoms with Gasteiger partial charge in [-0.1, -0.05) is 24.3 Å². The van der Waals surface area contributed by atoms with Gasteiger partial charge in [-0.25, -0.2) is 4.39 Å². The molecule has 2 rings (SSSR count). The highest BCUT2D eigenvalue weighted by Gasteiger charge is 2.12. The van der Waals surface area contributed by atoms with Gasteiger partial charge in [0.1, 0.15) is 12.4 Å². The van der Waals surface area contributed by atoms with Crippen molar-refractivity contribution in [2.45, 2.75) is 26.5 Å². The van der Waals surface area contributed by atoms with E-state index in [9.17, 15) is 4.39 Å². The molecule has 1 atom stereocenters. The summed E-state index contributed by atoms with van der Waals surface area (Å²) in [5.41, 5.74) is 8.36. The van der Waals surface area contributed by atoms with E-state index in [1.54, 1.807) is 18.2 Å². The molecule has 21 heavy (non-hydrogen) atoms. The van der Waals surface area contributed by atoms with Gasteiger partial charge in [-0.3, -0.25) is 0 Å². The summed E-state index contributed by atoms with van der Waals surface area (Å²) in [6.45, 7) is 4.00. The van der Waals surface area contributed by atoms with Crippen LogP contribution in [0, 0.1) is 12.7 Å². The van der Waals surface area contributed by atoms with Crippen molar-refractivity contribution in [3.8, 4) is 11.5 Å². The van der Waals surface area contributed by atoms with Crippen LogP contribution in [-0.2, 0) is 6.61 Å². The molecule has 0 saturated heterocycles. The van der Waals surface area contributed by atoms with E-state index < -0.39 is 5.82 Å². The fraction of sp³-hybridized carbons (Fsp3) is 0.294. The first-order chi connectivity index (χ1) is 10.0. The maximum Gasteiger partial charge on any atom is 0.171 e. The minimum Gasteiger partial charge on any atom is -0.494 e. The molecule has 0 radical (unpaired) electrons. The molecule has 2 aromatic rings. The summed E-state index contributed by atoms with van der Waals surface area (Å²) in [5, 5.41) is 0. The first-order valence-corrected chi connectivity index (χ1v) is 6.83. The van der Waals surface area contributed by atoms with E-state index in [-0.39, 0.29) is 18.4 Å². The Morgan fingerprint density at radius 1 is 1.19 bits per heavy atom. The van der Waals surface area contributed by atoms with Crippen LogP contribution in [0.3, 0.4) is 0 Å². The van der Waals surface area contributed by atoms with Gasteiger partial charge in [0.2, 0.25) is 0 Å². The Morgan fingerprint density at radius 2 is 1.95 bits per heavy atom. The van der Waals surface area contributed by atoms with E-state index in [1.165, 1.54) is 7.11 Å². The largest absolute Gasteiger partial charge is 0.494 e. The zero-order valence-corrected chi connectivity index (χ0v) is 12.5. The van der Waals surface area contributed by atoms with Crippen LogP contribution >= 0.6 is 0 Å². The van der Waals surface area contributed by atoms with Crippen LogP contribution in [0.15, 0.2) is 36.4 Å². The SMILES string of the molecule is COc1cccc(COc2cc(C)ccc2[C@H](C)N)c1F. The van der Waals surface area contributed by atoms with E-state index in [2.05, 4.69) is 0 Å². The molecule has 0 heterocycles. The van der Waals surface area contributed by atoms with Crippen LogP contribution in [0.4, 0.5) is 4.39 Å². The lowest BCUT2D eigenvalue weighted by atomic mass is 10.1. The molecule has 0 aromatic heterocycles. The molecule has 2 N–H and O–H groups in total. The molecule has 0 unspecified atom stereocenters. The summed E-state index contributed by atoms with van der Waals surface area (Å²) in [7, 11) is 1.44. The lowest BCUT2D eigenvalue weighted by Gasteiger charge is -2.15. The van der Waals surface area contributed by atoms with E-state index >= 15 is 0 Å². The number of rotatable bonds is 5. The summed E-state index contributed by atoms with van der Waals surface area (Å²) in [5.74, 6) is 0.509. The quantitative estimate of drug-likeness (QED) is 0.912. The minimum atomic E-state index is -0.394. The Bertz CT molecular complexity index is 626. The summed E-state index contributed by atoms with van der Waals surface area (Å²) < 4.78 is 24.8. The smallest absolute Gasteiger partial charge is 0.171 e. The van der Waals surface area contributed by atoms with Crippen LogP contribution in [0.1, 0.15) is 29.7 Å². The number of hydrogen-bond acceptors (Lipinski definition) is 3. The van der Waals surface area contributed by atoms with Crippen molar-refractivity contribution in [3.05, 3.63) is 58.9 Å². The van der Waals surface area contributed by atoms with E-state index in [0.717, 1.165) is 11.1 Å². The average Bonchev–Trinajstić information content (AvgIpc) is 2.46. The topological polar surface area (TPSA) is 44.5 Å². The second kappa shape index (κ2) is 6.59. The number of ether oxygens (including phenoxy) is 2. The summed E-state index contributed by atoms with van der Waals surface area (Å²) in [4.78, 5) is 0. The minimum absolute atomic E-state index is 0.131. The molecule has 4 heteroatoms. The van der Waals surface area contributed by atoms with Crippen molar-refractivity contribution in [1.29, 1.82) is 0 Å². The van der Waals surface area contributed by atoms with Crippen LogP contribution in [-0.4, -0.2) is 7.11 Å². The number of methoxy groups -OCH3 is 1. The molecular weight excluding hydrogens is 269 g/mol. The Kier molecular flexibility index (Phi) is 4.81. The fourth-order valence-corrected chi connectivity index (χ4v) is 2.12. The highest BCUT2D eigenvalue weighted by molar-refractivity contribution is 5.39. The number of benzene rings is 2. The van der Waals surface area contributed by atoms with Crippen LogP contribution in [0.2, 0.25) is 0 Å². The molecule has 0 saturated carbocycles. The molecule has 0 aliphatic rings. The Labute approximate surface area is 124 Å². The van der Waals surface area contributed by atoms with Crippen molar-refractivity contribution in [2.75, 3.05) is 7.11 Å². The normalized spacial score (nSPS) is 12.0. The molecular formula is C17H20FNO2. The first-order valence-electron chi connectivity index (χ1n) is 6.83. The highest BCUT2D eigenvalue weighted by Crippen LogP contribution is 2.27. The van der Waals surface area contributed by atoms with Crippen molar-refractivity contribution < 1.29 is 13.9 Å². The Balaban J connectivity index is 2.22. The highest BCUT2D eigenvalue weighted by atomic mass is 19.1. The van der Waals surface area contributed by atoms with Gasteiger partial charge in [-0.2, -0.15) is 0 Å². The van der Waals surface area contributed by atoms with Crippen LogP contribution in [0.25, 0.3) is 0 Å². The van der Waals surface area contributed by atoms with E-state index in [1.807, 2.05) is 32.0 Å². The predicted molar refractivity (Wildman–Crippen MR) is 81.1 cm³/mol. The van der Waals surface area contributed by atoms with Gasteiger partial charge >= 0.3 is 0 Å². The van der Waals surface area contributed by atoms with Gasteiger partial charge in [-0.05, 0) is 31.5 Å². The van der Waals surface area contributed by atoms with Crippen molar-refractivity contribution in [3.63, 3.8) is 0 Å². The van der Waals surface area contributed by atoms with Crippen molar-refractivity contribution in [1.82, 2.24) is 0 Å². The van der Waals surface area contributed by atoms with Gasteiger partial charge < -0.3 is 15.2 Å². The molecule has 0 spiro atoms. The van der Waals surface area contributed by atoms with Crippen LogP contribution in [0.5, 0.6) is 11.5 Å². The van der Waals surface area contributed by atoms with E-state index in [4.69, 9.17) is 15.2 Å².